The van der Waals surface area contributed by atoms with Gasteiger partial charge in [0.25, 0.3) is 0 Å². The lowest BCUT2D eigenvalue weighted by Gasteiger charge is -2.27. The number of rotatable bonds is 7. The zero-order chi connectivity index (χ0) is 36.3. The Labute approximate surface area is 299 Å². The number of imidazole rings is 1. The molecule has 0 spiro atoms. The van der Waals surface area contributed by atoms with E-state index in [0.717, 1.165) is 0 Å². The maximum atomic E-state index is 14.1. The molecular formula is C36H41N7O7S. The van der Waals surface area contributed by atoms with Gasteiger partial charge in [0.05, 0.1) is 12.0 Å². The van der Waals surface area contributed by atoms with Crippen LogP contribution in [0.5, 0.6) is 0 Å². The van der Waals surface area contributed by atoms with Gasteiger partial charge in [0.2, 0.25) is 29.5 Å². The van der Waals surface area contributed by atoms with Crippen LogP contribution < -0.4 is 26.6 Å². The molecular weight excluding hydrogens is 675 g/mol. The molecule has 1 unspecified atom stereocenters. The molecule has 0 aliphatic carbocycles. The van der Waals surface area contributed by atoms with Gasteiger partial charge >= 0.3 is 5.97 Å². The number of carbonyl (C=O) groups excluding carboxylic acids is 5. The van der Waals surface area contributed by atoms with Crippen LogP contribution >= 0.6 is 11.8 Å². The fourth-order valence-electron chi connectivity index (χ4n) is 5.82. The molecule has 6 rings (SSSR count). The topological polar surface area (TPSA) is 201 Å². The van der Waals surface area contributed by atoms with Crippen molar-refractivity contribution in [2.75, 3.05) is 5.32 Å². The molecule has 3 aromatic rings. The zero-order valence-corrected chi connectivity index (χ0v) is 28.9. The number of benzene rings is 2. The first kappa shape index (κ1) is 36.8. The average Bonchev–Trinajstić information content (AvgIpc) is 3.78. The summed E-state index contributed by atoms with van der Waals surface area (Å²) < 4.78 is 1.69. The Bertz CT molecular complexity index is 1750. The van der Waals surface area contributed by atoms with E-state index in [4.69, 9.17) is 0 Å². The number of anilines is 1. The van der Waals surface area contributed by atoms with Crippen molar-refractivity contribution in [2.24, 2.45) is 7.05 Å². The maximum absolute atomic E-state index is 14.1. The first-order valence-corrected chi connectivity index (χ1v) is 17.6. The molecule has 2 bridgehead atoms. The van der Waals surface area contributed by atoms with Crippen molar-refractivity contribution in [1.29, 1.82) is 0 Å². The van der Waals surface area contributed by atoms with Gasteiger partial charge in [0.1, 0.15) is 24.2 Å². The van der Waals surface area contributed by atoms with Gasteiger partial charge in [-0.1, -0.05) is 48.5 Å². The summed E-state index contributed by atoms with van der Waals surface area (Å²) in [7, 11) is 1.76. The minimum atomic E-state index is -1.34. The summed E-state index contributed by atoms with van der Waals surface area (Å²) in [5.41, 5.74) is 2.23. The smallest absolute Gasteiger partial charge is 0.326 e. The second-order valence-corrected chi connectivity index (χ2v) is 13.8. The van der Waals surface area contributed by atoms with E-state index < -0.39 is 59.7 Å². The number of nitrogens with one attached hydrogen (secondary N) is 5. The molecule has 3 aliphatic heterocycles. The van der Waals surface area contributed by atoms with Crippen molar-refractivity contribution in [1.82, 2.24) is 30.8 Å². The van der Waals surface area contributed by atoms with Crippen LogP contribution in [-0.4, -0.2) is 79.6 Å². The van der Waals surface area contributed by atoms with Crippen LogP contribution in [0.3, 0.4) is 0 Å². The third-order valence-corrected chi connectivity index (χ3v) is 9.63. The number of aromatic nitrogens is 2. The van der Waals surface area contributed by atoms with E-state index in [-0.39, 0.29) is 43.8 Å². The lowest BCUT2D eigenvalue weighted by molar-refractivity contribution is -0.142. The highest BCUT2D eigenvalue weighted by Gasteiger charge is 2.33. The molecule has 0 radical (unpaired) electrons. The monoisotopic (exact) mass is 715 g/mol. The molecule has 2 aromatic carbocycles. The Kier molecular flexibility index (Phi) is 12.6. The molecule has 51 heavy (non-hydrogen) atoms. The summed E-state index contributed by atoms with van der Waals surface area (Å²) in [4.78, 5) is 84.2. The van der Waals surface area contributed by atoms with Gasteiger partial charge in [-0.15, -0.1) is 11.8 Å². The van der Waals surface area contributed by atoms with E-state index >= 15 is 0 Å². The number of nitrogens with zero attached hydrogens (tertiary/aromatic N) is 2. The van der Waals surface area contributed by atoms with E-state index in [9.17, 15) is 33.9 Å². The summed E-state index contributed by atoms with van der Waals surface area (Å²) >= 11 is 1.53. The number of hydrogen-bond donors (Lipinski definition) is 6. The Morgan fingerprint density at radius 3 is 2.16 bits per heavy atom. The van der Waals surface area contributed by atoms with Gasteiger partial charge < -0.3 is 36.3 Å². The third kappa shape index (κ3) is 11.0. The summed E-state index contributed by atoms with van der Waals surface area (Å²) in [5.74, 6) is -4.24. The van der Waals surface area contributed by atoms with E-state index in [0.29, 0.717) is 28.9 Å². The second kappa shape index (κ2) is 17.5. The Morgan fingerprint density at radius 2 is 1.51 bits per heavy atom. The molecule has 5 atom stereocenters. The molecule has 0 saturated heterocycles. The first-order valence-electron chi connectivity index (χ1n) is 16.7. The summed E-state index contributed by atoms with van der Waals surface area (Å²) in [6.45, 7) is 0. The zero-order valence-electron chi connectivity index (χ0n) is 28.0. The number of hydrogen-bond acceptors (Lipinski definition) is 8. The van der Waals surface area contributed by atoms with E-state index in [2.05, 4.69) is 31.6 Å². The Balaban J connectivity index is 1.47. The Morgan fingerprint density at radius 1 is 0.843 bits per heavy atom. The predicted octanol–water partition coefficient (Wildman–Crippen LogP) is 1.61. The number of carboxylic acids is 1. The van der Waals surface area contributed by atoms with Crippen molar-refractivity contribution >= 4 is 53.0 Å². The van der Waals surface area contributed by atoms with E-state index in [1.807, 2.05) is 17.6 Å². The van der Waals surface area contributed by atoms with Crippen LogP contribution in [0.1, 0.15) is 42.5 Å². The number of fused-ring (bicyclic) bond motifs is 18. The lowest BCUT2D eigenvalue weighted by Crippen LogP contribution is -2.59. The molecule has 4 heterocycles. The molecule has 14 nitrogen and oxygen atoms in total. The predicted molar refractivity (Wildman–Crippen MR) is 190 cm³/mol. The van der Waals surface area contributed by atoms with Gasteiger partial charge in [-0.05, 0) is 41.5 Å². The van der Waals surface area contributed by atoms with Gasteiger partial charge in [0, 0.05) is 56.3 Å². The van der Waals surface area contributed by atoms with Gasteiger partial charge in [-0.2, -0.15) is 0 Å². The Hall–Kier alpha value is -5.44. The number of allylic oxidation sites excluding steroid dienone is 1. The quantitative estimate of drug-likeness (QED) is 0.197. The van der Waals surface area contributed by atoms with Crippen molar-refractivity contribution in [2.45, 2.75) is 74.4 Å². The first-order chi connectivity index (χ1) is 24.5. The maximum Gasteiger partial charge on any atom is 0.326 e. The third-order valence-electron chi connectivity index (χ3n) is 8.51. The molecule has 3 aliphatic rings. The minimum Gasteiger partial charge on any atom is -0.480 e. The highest BCUT2D eigenvalue weighted by atomic mass is 32.2. The van der Waals surface area contributed by atoms with Gasteiger partial charge in [-0.25, -0.2) is 9.78 Å². The molecule has 5 amide bonds. The SMILES string of the molecule is Cn1cnc(C[C@@H]2NC(=O)[C@@H](CC3CC=CS3)NC(=O)CCC(=O)Nc3ccc(cc3)C[C@@H](C(=O)O)NC(=O)[C@@H](Cc3ccccc3)NC2=O)c1. The van der Waals surface area contributed by atoms with Crippen LogP contribution in [0.25, 0.3) is 0 Å². The number of carboxylic acid groups (broad SMARTS) is 1. The van der Waals surface area contributed by atoms with Gasteiger partial charge in [-0.3, -0.25) is 24.0 Å². The van der Waals surface area contributed by atoms with Crippen molar-refractivity contribution in [3.63, 3.8) is 0 Å². The molecule has 15 heteroatoms. The minimum absolute atomic E-state index is 0.00555. The fraction of sp³-hybridized carbons (Fsp3) is 0.361. The summed E-state index contributed by atoms with van der Waals surface area (Å²) in [5, 5.41) is 25.6. The van der Waals surface area contributed by atoms with Gasteiger partial charge in [0.15, 0.2) is 0 Å². The summed E-state index contributed by atoms with van der Waals surface area (Å²) in [6.07, 6.45) is 5.78. The van der Waals surface area contributed by atoms with Crippen LogP contribution in [0.4, 0.5) is 5.69 Å². The number of aliphatic carboxylic acids is 1. The average molecular weight is 716 g/mol. The molecule has 1 aromatic heterocycles. The highest BCUT2D eigenvalue weighted by Crippen LogP contribution is 2.28. The largest absolute Gasteiger partial charge is 0.480 e. The van der Waals surface area contributed by atoms with E-state index in [1.165, 1.54) is 11.8 Å². The molecule has 6 N–H and O–H groups in total. The van der Waals surface area contributed by atoms with Crippen molar-refractivity contribution in [3.8, 4) is 0 Å². The fourth-order valence-corrected chi connectivity index (χ4v) is 6.79. The normalized spacial score (nSPS) is 23.7. The number of thioether (sulfide) groups is 1. The van der Waals surface area contributed by atoms with Crippen molar-refractivity contribution < 1.29 is 33.9 Å². The summed E-state index contributed by atoms with van der Waals surface area (Å²) in [6, 6.07) is 10.6. The van der Waals surface area contributed by atoms with Crippen LogP contribution in [0.15, 0.2) is 78.6 Å². The highest BCUT2D eigenvalue weighted by molar-refractivity contribution is 8.03. The second-order valence-electron chi connectivity index (χ2n) is 12.6. The number of aryl methyl sites for hydroxylation is 1. The molecule has 268 valence electrons. The molecule has 0 fully saturated rings. The van der Waals surface area contributed by atoms with Crippen LogP contribution in [-0.2, 0) is 55.1 Å². The standard InChI is InChI=1S/C36H41N7O7S/c1-43-20-25(37-21-43)18-28-34(47)40-27(16-22-6-3-2-4-7-22)33(46)42-30(36(49)50)17-23-9-11-24(12-10-23)38-31(44)13-14-32(45)39-29(35(48)41-28)19-26-8-5-15-51-26/h2-7,9-12,15,20-21,26-30H,8,13-14,16-19H2,1H3,(H,38,44)(H,39,45)(H,40,47)(H,41,48)(H,42,46)(H,49,50)/t26?,27-,28+,29-,30+/m1/s1. The van der Waals surface area contributed by atoms with Crippen molar-refractivity contribution in [3.05, 3.63) is 95.4 Å². The molecule has 0 saturated carbocycles. The lowest BCUT2D eigenvalue weighted by atomic mass is 10.0. The van der Waals surface area contributed by atoms with Crippen LogP contribution in [0, 0.1) is 0 Å². The number of amides is 5. The number of carbonyl (C=O) groups is 6. The van der Waals surface area contributed by atoms with E-state index in [1.54, 1.807) is 72.7 Å². The van der Waals surface area contributed by atoms with Crippen LogP contribution in [0.2, 0.25) is 0 Å².